The zero-order valence-corrected chi connectivity index (χ0v) is 13.9. The summed E-state index contributed by atoms with van der Waals surface area (Å²) < 4.78 is 42.9. The molecule has 136 valence electrons. The van der Waals surface area contributed by atoms with Gasteiger partial charge in [0.25, 0.3) is 5.91 Å². The summed E-state index contributed by atoms with van der Waals surface area (Å²) >= 11 is 0. The molecule has 1 amide bonds. The fourth-order valence-electron chi connectivity index (χ4n) is 4.05. The van der Waals surface area contributed by atoms with Gasteiger partial charge < -0.3 is 9.64 Å². The van der Waals surface area contributed by atoms with Crippen molar-refractivity contribution in [2.75, 3.05) is 7.11 Å². The third kappa shape index (κ3) is 3.37. The molecule has 0 spiro atoms. The zero-order valence-electron chi connectivity index (χ0n) is 13.9. The molecular formula is C18H20F3NO3. The Morgan fingerprint density at radius 3 is 2.36 bits per heavy atom. The van der Waals surface area contributed by atoms with Crippen molar-refractivity contribution in [1.29, 1.82) is 0 Å². The molecule has 1 heterocycles. The van der Waals surface area contributed by atoms with E-state index >= 15 is 0 Å². The largest absolute Gasteiger partial charge is 0.467 e. The van der Waals surface area contributed by atoms with Crippen molar-refractivity contribution >= 4 is 11.9 Å². The first-order valence-electron chi connectivity index (χ1n) is 8.40. The predicted molar refractivity (Wildman–Crippen MR) is 83.8 cm³/mol. The quantitative estimate of drug-likeness (QED) is 0.761. The van der Waals surface area contributed by atoms with Crippen LogP contribution in [0.25, 0.3) is 0 Å². The summed E-state index contributed by atoms with van der Waals surface area (Å²) in [6.07, 6.45) is -0.0787. The molecule has 0 aromatic heterocycles. The number of methoxy groups -OCH3 is 1. The summed E-state index contributed by atoms with van der Waals surface area (Å²) in [5.74, 6) is -0.621. The van der Waals surface area contributed by atoms with E-state index in [-0.39, 0.29) is 17.5 Å². The molecule has 1 saturated heterocycles. The molecular weight excluding hydrogens is 335 g/mol. The SMILES string of the molecule is COC(=O)[C@@H]1C[C@@H]2CCCC[C@@H]2N1C(=O)c1ccc(C(F)(F)F)cc1. The number of hydrogen-bond acceptors (Lipinski definition) is 3. The van der Waals surface area contributed by atoms with Gasteiger partial charge in [0.1, 0.15) is 6.04 Å². The lowest BCUT2D eigenvalue weighted by molar-refractivity contribution is -0.145. The second-order valence-corrected chi connectivity index (χ2v) is 6.67. The average Bonchev–Trinajstić information content (AvgIpc) is 2.99. The van der Waals surface area contributed by atoms with E-state index in [9.17, 15) is 22.8 Å². The highest BCUT2D eigenvalue weighted by molar-refractivity contribution is 5.97. The highest BCUT2D eigenvalue weighted by Crippen LogP contribution is 2.41. The molecule has 0 radical (unpaired) electrons. The first-order valence-corrected chi connectivity index (χ1v) is 8.40. The number of amides is 1. The minimum Gasteiger partial charge on any atom is -0.467 e. The first-order chi connectivity index (χ1) is 11.8. The van der Waals surface area contributed by atoms with Crippen molar-refractivity contribution in [3.63, 3.8) is 0 Å². The van der Waals surface area contributed by atoms with Crippen LogP contribution in [0.15, 0.2) is 24.3 Å². The van der Waals surface area contributed by atoms with Crippen molar-refractivity contribution in [3.05, 3.63) is 35.4 Å². The number of alkyl halides is 3. The van der Waals surface area contributed by atoms with E-state index in [2.05, 4.69) is 0 Å². The minimum absolute atomic E-state index is 0.0485. The standard InChI is InChI=1S/C18H20F3NO3/c1-25-17(24)15-10-12-4-2-3-5-14(12)22(15)16(23)11-6-8-13(9-7-11)18(19,20)21/h6-9,12,14-15H,2-5,10H2,1H3/t12-,14-,15-/m0/s1. The van der Waals surface area contributed by atoms with Crippen LogP contribution in [-0.2, 0) is 15.7 Å². The summed E-state index contributed by atoms with van der Waals surface area (Å²) in [6.45, 7) is 0. The van der Waals surface area contributed by atoms with Crippen molar-refractivity contribution in [3.8, 4) is 0 Å². The lowest BCUT2D eigenvalue weighted by atomic mass is 9.84. The molecule has 4 nitrogen and oxygen atoms in total. The summed E-state index contributed by atoms with van der Waals surface area (Å²) in [6, 6.07) is 3.44. The van der Waals surface area contributed by atoms with Gasteiger partial charge in [-0.2, -0.15) is 13.2 Å². The maximum Gasteiger partial charge on any atom is 0.416 e. The highest BCUT2D eigenvalue weighted by Gasteiger charge is 2.48. The minimum atomic E-state index is -4.45. The number of likely N-dealkylation sites (tertiary alicyclic amines) is 1. The first kappa shape index (κ1) is 17.8. The third-order valence-electron chi connectivity index (χ3n) is 5.25. The van der Waals surface area contributed by atoms with Gasteiger partial charge in [0, 0.05) is 11.6 Å². The Labute approximate surface area is 143 Å². The van der Waals surface area contributed by atoms with Gasteiger partial charge >= 0.3 is 12.1 Å². The van der Waals surface area contributed by atoms with Crippen LogP contribution in [0.1, 0.15) is 48.0 Å². The van der Waals surface area contributed by atoms with E-state index < -0.39 is 29.7 Å². The van der Waals surface area contributed by atoms with Crippen LogP contribution in [0, 0.1) is 5.92 Å². The van der Waals surface area contributed by atoms with E-state index in [0.717, 1.165) is 37.8 Å². The lowest BCUT2D eigenvalue weighted by Gasteiger charge is -2.33. The molecule has 3 rings (SSSR count). The summed E-state index contributed by atoms with van der Waals surface area (Å²) in [4.78, 5) is 26.6. The number of fused-ring (bicyclic) bond motifs is 1. The number of halogens is 3. The van der Waals surface area contributed by atoms with Gasteiger partial charge in [-0.1, -0.05) is 12.8 Å². The fourth-order valence-corrected chi connectivity index (χ4v) is 4.05. The van der Waals surface area contributed by atoms with E-state index in [0.29, 0.717) is 6.42 Å². The van der Waals surface area contributed by atoms with Crippen LogP contribution >= 0.6 is 0 Å². The number of esters is 1. The van der Waals surface area contributed by atoms with Crippen molar-refractivity contribution in [2.45, 2.75) is 50.4 Å². The van der Waals surface area contributed by atoms with Gasteiger partial charge in [0.2, 0.25) is 0 Å². The normalized spacial score (nSPS) is 26.2. The van der Waals surface area contributed by atoms with Crippen LogP contribution in [0.2, 0.25) is 0 Å². The van der Waals surface area contributed by atoms with Gasteiger partial charge in [-0.25, -0.2) is 4.79 Å². The maximum absolute atomic E-state index is 12.9. The van der Waals surface area contributed by atoms with Crippen molar-refractivity contribution in [1.82, 2.24) is 4.90 Å². The van der Waals surface area contributed by atoms with Gasteiger partial charge in [0.15, 0.2) is 0 Å². The summed E-state index contributed by atoms with van der Waals surface area (Å²) in [5, 5.41) is 0. The molecule has 0 N–H and O–H groups in total. The van der Waals surface area contributed by atoms with Gasteiger partial charge in [-0.3, -0.25) is 4.79 Å². The second-order valence-electron chi connectivity index (χ2n) is 6.67. The molecule has 2 fully saturated rings. The average molecular weight is 355 g/mol. The van der Waals surface area contributed by atoms with E-state index in [1.807, 2.05) is 0 Å². The Hall–Kier alpha value is -2.05. The number of ether oxygens (including phenoxy) is 1. The van der Waals surface area contributed by atoms with Crippen LogP contribution in [-0.4, -0.2) is 36.0 Å². The molecule has 1 aromatic carbocycles. The van der Waals surface area contributed by atoms with Gasteiger partial charge in [-0.05, 0) is 49.4 Å². The number of carbonyl (C=O) groups is 2. The van der Waals surface area contributed by atoms with Crippen molar-refractivity contribution < 1.29 is 27.5 Å². The Bertz CT molecular complexity index is 657. The Kier molecular flexibility index (Phi) is 4.75. The van der Waals surface area contributed by atoms with Crippen LogP contribution in [0.3, 0.4) is 0 Å². The number of benzene rings is 1. The van der Waals surface area contributed by atoms with E-state index in [1.54, 1.807) is 0 Å². The van der Waals surface area contributed by atoms with Gasteiger partial charge in [-0.15, -0.1) is 0 Å². The van der Waals surface area contributed by atoms with Gasteiger partial charge in [0.05, 0.1) is 12.7 Å². The highest BCUT2D eigenvalue weighted by atomic mass is 19.4. The number of hydrogen-bond donors (Lipinski definition) is 0. The molecule has 7 heteroatoms. The smallest absolute Gasteiger partial charge is 0.416 e. The predicted octanol–water partition coefficient (Wildman–Crippen LogP) is 3.65. The molecule has 0 unspecified atom stereocenters. The number of nitrogens with zero attached hydrogens (tertiary/aromatic N) is 1. The van der Waals surface area contributed by atoms with Crippen LogP contribution in [0.5, 0.6) is 0 Å². The molecule has 3 atom stereocenters. The number of rotatable bonds is 2. The summed E-state index contributed by atoms with van der Waals surface area (Å²) in [7, 11) is 1.28. The van der Waals surface area contributed by atoms with Crippen LogP contribution in [0.4, 0.5) is 13.2 Å². The molecule has 1 aliphatic carbocycles. The Morgan fingerprint density at radius 2 is 1.76 bits per heavy atom. The van der Waals surface area contributed by atoms with Crippen LogP contribution < -0.4 is 0 Å². The van der Waals surface area contributed by atoms with E-state index in [4.69, 9.17) is 4.74 Å². The second kappa shape index (κ2) is 6.69. The molecule has 2 aliphatic rings. The molecule has 25 heavy (non-hydrogen) atoms. The Balaban J connectivity index is 1.88. The topological polar surface area (TPSA) is 46.6 Å². The van der Waals surface area contributed by atoms with E-state index in [1.165, 1.54) is 24.1 Å². The Morgan fingerprint density at radius 1 is 1.12 bits per heavy atom. The number of carbonyl (C=O) groups excluding carboxylic acids is 2. The molecule has 1 saturated carbocycles. The molecule has 0 bridgehead atoms. The zero-order chi connectivity index (χ0) is 18.2. The fraction of sp³-hybridized carbons (Fsp3) is 0.556. The monoisotopic (exact) mass is 355 g/mol. The molecule has 1 aromatic rings. The molecule has 1 aliphatic heterocycles. The maximum atomic E-state index is 12.9. The third-order valence-corrected chi connectivity index (χ3v) is 5.25. The van der Waals surface area contributed by atoms with Crippen molar-refractivity contribution in [2.24, 2.45) is 5.92 Å². The lowest BCUT2D eigenvalue weighted by Crippen LogP contribution is -2.46. The summed E-state index contributed by atoms with van der Waals surface area (Å²) in [5.41, 5.74) is -0.640.